The summed E-state index contributed by atoms with van der Waals surface area (Å²) in [4.78, 5) is 55.8. The third kappa shape index (κ3) is 4.41. The molecule has 3 aromatic heterocycles. The number of aryl methyl sites for hydroxylation is 1. The Hall–Kier alpha value is -2.82. The number of halogens is 1. The van der Waals surface area contributed by atoms with Crippen LogP contribution in [-0.2, 0) is 23.2 Å². The summed E-state index contributed by atoms with van der Waals surface area (Å²) in [5.74, 6) is 0.748. The van der Waals surface area contributed by atoms with E-state index in [0.29, 0.717) is 41.1 Å². The second-order valence-electron chi connectivity index (χ2n) is 12.4. The van der Waals surface area contributed by atoms with E-state index in [1.54, 1.807) is 22.0 Å². The number of ketones is 1. The highest BCUT2D eigenvalue weighted by molar-refractivity contribution is 7.19. The second kappa shape index (κ2) is 10.2. The van der Waals surface area contributed by atoms with Crippen molar-refractivity contribution in [2.24, 2.45) is 5.92 Å². The molecule has 1 spiro atoms. The lowest BCUT2D eigenvalue weighted by atomic mass is 9.80. The van der Waals surface area contributed by atoms with E-state index in [1.807, 2.05) is 4.90 Å². The molecule has 0 radical (unpaired) electrons. The SMILES string of the molecule is C[C@@H]1CN(C(=O)[C@H]2CCc3c(sc4ncnc(Nc5cc(Cl)c6n(c5=O)C5(CCCCC5)CC6=O)c34)C2)CCN1C. The predicted molar refractivity (Wildman–Crippen MR) is 161 cm³/mol. The zero-order chi connectivity index (χ0) is 28.5. The van der Waals surface area contributed by atoms with Crippen molar-refractivity contribution >= 4 is 56.4 Å². The van der Waals surface area contributed by atoms with Gasteiger partial charge >= 0.3 is 0 Å². The third-order valence-corrected chi connectivity index (χ3v) is 11.3. The summed E-state index contributed by atoms with van der Waals surface area (Å²) < 4.78 is 1.69. The molecule has 1 saturated heterocycles. The van der Waals surface area contributed by atoms with Gasteiger partial charge in [-0.05, 0) is 57.7 Å². The largest absolute Gasteiger partial charge is 0.340 e. The van der Waals surface area contributed by atoms with E-state index in [2.05, 4.69) is 34.2 Å². The zero-order valence-corrected chi connectivity index (χ0v) is 25.1. The van der Waals surface area contributed by atoms with Crippen molar-refractivity contribution in [3.8, 4) is 0 Å². The Bertz CT molecular complexity index is 1630. The minimum absolute atomic E-state index is 0.0279. The van der Waals surface area contributed by atoms with E-state index in [-0.39, 0.29) is 23.2 Å². The zero-order valence-electron chi connectivity index (χ0n) is 23.5. The van der Waals surface area contributed by atoms with Gasteiger partial charge in [0.1, 0.15) is 28.4 Å². The molecule has 1 amide bonds. The number of anilines is 2. The molecule has 9 nitrogen and oxygen atoms in total. The second-order valence-corrected chi connectivity index (χ2v) is 13.9. The smallest absolute Gasteiger partial charge is 0.275 e. The summed E-state index contributed by atoms with van der Waals surface area (Å²) in [7, 11) is 2.11. The number of carbonyl (C=O) groups excluding carboxylic acids is 2. The number of Topliss-reactive ketones (excluding diaryl/α,β-unsaturated/α-hetero) is 1. The number of likely N-dealkylation sites (N-methyl/N-ethyl adjacent to an activating group) is 1. The summed E-state index contributed by atoms with van der Waals surface area (Å²) in [6.07, 6.45) is 8.85. The summed E-state index contributed by atoms with van der Waals surface area (Å²) >= 11 is 8.27. The highest BCUT2D eigenvalue weighted by Gasteiger charge is 2.46. The number of nitrogens with one attached hydrogen (secondary N) is 1. The highest BCUT2D eigenvalue weighted by Crippen LogP contribution is 2.45. The molecule has 2 aliphatic carbocycles. The number of hydrogen-bond acceptors (Lipinski definition) is 8. The molecule has 2 aliphatic heterocycles. The molecule has 1 saturated carbocycles. The topological polar surface area (TPSA) is 100 Å². The summed E-state index contributed by atoms with van der Waals surface area (Å²) in [6, 6.07) is 1.94. The quantitative estimate of drug-likeness (QED) is 0.466. The van der Waals surface area contributed by atoms with Crippen molar-refractivity contribution in [3.05, 3.63) is 43.9 Å². The number of amides is 1. The van der Waals surface area contributed by atoms with Crippen LogP contribution in [0.5, 0.6) is 0 Å². The Balaban J connectivity index is 1.20. The predicted octanol–water partition coefficient (Wildman–Crippen LogP) is 4.76. The van der Waals surface area contributed by atoms with Crippen LogP contribution in [-0.4, -0.2) is 68.7 Å². The molecule has 1 N–H and O–H groups in total. The van der Waals surface area contributed by atoms with Gasteiger partial charge in [-0.25, -0.2) is 9.97 Å². The van der Waals surface area contributed by atoms with Crippen LogP contribution < -0.4 is 10.9 Å². The molecule has 0 bridgehead atoms. The van der Waals surface area contributed by atoms with Crippen molar-refractivity contribution in [3.63, 3.8) is 0 Å². The van der Waals surface area contributed by atoms with Crippen LogP contribution in [0.25, 0.3) is 10.2 Å². The van der Waals surface area contributed by atoms with E-state index in [0.717, 1.165) is 80.4 Å². The van der Waals surface area contributed by atoms with Crippen molar-refractivity contribution in [1.29, 1.82) is 0 Å². The van der Waals surface area contributed by atoms with E-state index in [9.17, 15) is 14.4 Å². The number of nitrogens with zero attached hydrogens (tertiary/aromatic N) is 5. The fourth-order valence-corrected chi connectivity index (χ4v) is 9.07. The van der Waals surface area contributed by atoms with Gasteiger partial charge in [0, 0.05) is 42.9 Å². The molecule has 11 heteroatoms. The van der Waals surface area contributed by atoms with Gasteiger partial charge < -0.3 is 15.1 Å². The van der Waals surface area contributed by atoms with E-state index in [4.69, 9.17) is 11.6 Å². The Kier molecular flexibility index (Phi) is 6.71. The van der Waals surface area contributed by atoms with Gasteiger partial charge in [-0.15, -0.1) is 11.3 Å². The molecular formula is C30H35ClN6O3S. The highest BCUT2D eigenvalue weighted by atomic mass is 35.5. The van der Waals surface area contributed by atoms with Crippen molar-refractivity contribution in [1.82, 2.24) is 24.3 Å². The Morgan fingerprint density at radius 2 is 1.98 bits per heavy atom. The average Bonchev–Trinajstić information content (AvgIpc) is 3.48. The molecule has 3 aromatic rings. The first kappa shape index (κ1) is 27.0. The number of carbonyl (C=O) groups is 2. The maximum Gasteiger partial charge on any atom is 0.275 e. The summed E-state index contributed by atoms with van der Waals surface area (Å²) in [6.45, 7) is 4.63. The standard InChI is InChI=1S/C30H35ClN6O3S/c1-17-15-36(11-10-35(17)2)28(39)18-6-7-19-23(12-18)41-27-24(19)26(32-16-33-27)34-21-13-20(31)25-22(38)14-30(37(25)29(21)40)8-4-3-5-9-30/h13,16-18H,3-12,14-15H2,1-2H3,(H,32,33,34)/t17-,18+/m1/s1. The van der Waals surface area contributed by atoms with Crippen molar-refractivity contribution < 1.29 is 9.59 Å². The maximum absolute atomic E-state index is 13.9. The third-order valence-electron chi connectivity index (χ3n) is 9.89. The lowest BCUT2D eigenvalue weighted by Crippen LogP contribution is -2.53. The van der Waals surface area contributed by atoms with E-state index < -0.39 is 5.54 Å². The number of rotatable bonds is 3. The van der Waals surface area contributed by atoms with Crippen LogP contribution in [0, 0.1) is 5.92 Å². The maximum atomic E-state index is 13.9. The minimum atomic E-state index is -0.477. The fourth-order valence-electron chi connectivity index (χ4n) is 7.51. The van der Waals surface area contributed by atoms with Crippen molar-refractivity contribution in [2.45, 2.75) is 76.3 Å². The van der Waals surface area contributed by atoms with Gasteiger partial charge in [0.05, 0.1) is 15.9 Å². The molecule has 41 heavy (non-hydrogen) atoms. The number of fused-ring (bicyclic) bond motifs is 5. The van der Waals surface area contributed by atoms with Gasteiger partial charge in [-0.2, -0.15) is 0 Å². The Morgan fingerprint density at radius 3 is 2.76 bits per heavy atom. The summed E-state index contributed by atoms with van der Waals surface area (Å²) in [5, 5.41) is 4.52. The van der Waals surface area contributed by atoms with E-state index in [1.165, 1.54) is 11.2 Å². The number of hydrogen-bond donors (Lipinski definition) is 1. The van der Waals surface area contributed by atoms with E-state index >= 15 is 0 Å². The first-order chi connectivity index (χ1) is 19.8. The first-order valence-corrected chi connectivity index (χ1v) is 16.0. The van der Waals surface area contributed by atoms with Crippen LogP contribution >= 0.6 is 22.9 Å². The van der Waals surface area contributed by atoms with Crippen LogP contribution in [0.15, 0.2) is 17.2 Å². The minimum Gasteiger partial charge on any atom is -0.340 e. The fraction of sp³-hybridized carbons (Fsp3) is 0.567. The lowest BCUT2D eigenvalue weighted by molar-refractivity contribution is -0.138. The number of pyridine rings is 1. The number of piperazine rings is 1. The normalized spacial score (nSPS) is 24.1. The molecule has 2 fully saturated rings. The van der Waals surface area contributed by atoms with Gasteiger partial charge in [0.2, 0.25) is 5.91 Å². The van der Waals surface area contributed by atoms with Gasteiger partial charge in [-0.3, -0.25) is 19.0 Å². The molecule has 0 aromatic carbocycles. The molecule has 5 heterocycles. The van der Waals surface area contributed by atoms with Gasteiger partial charge in [-0.1, -0.05) is 30.9 Å². The monoisotopic (exact) mass is 594 g/mol. The molecular weight excluding hydrogens is 560 g/mol. The van der Waals surface area contributed by atoms with Crippen LogP contribution in [0.4, 0.5) is 11.5 Å². The molecule has 2 atom stereocenters. The molecule has 7 rings (SSSR count). The molecule has 0 unspecified atom stereocenters. The van der Waals surface area contributed by atoms with Crippen LogP contribution in [0.1, 0.15) is 72.8 Å². The lowest BCUT2D eigenvalue weighted by Gasteiger charge is -2.39. The van der Waals surface area contributed by atoms with Crippen molar-refractivity contribution in [2.75, 3.05) is 32.0 Å². The van der Waals surface area contributed by atoms with Crippen LogP contribution in [0.2, 0.25) is 5.02 Å². The van der Waals surface area contributed by atoms with Crippen LogP contribution in [0.3, 0.4) is 0 Å². The van der Waals surface area contributed by atoms with Gasteiger partial charge in [0.25, 0.3) is 5.56 Å². The Labute approximate surface area is 247 Å². The summed E-state index contributed by atoms with van der Waals surface area (Å²) in [5.41, 5.74) is 1.13. The number of aromatic nitrogens is 3. The Morgan fingerprint density at radius 1 is 1.17 bits per heavy atom. The molecule has 4 aliphatic rings. The number of thiophene rings is 1. The molecule has 216 valence electrons. The van der Waals surface area contributed by atoms with Gasteiger partial charge in [0.15, 0.2) is 5.78 Å². The average molecular weight is 595 g/mol. The first-order valence-electron chi connectivity index (χ1n) is 14.8.